The Bertz CT molecular complexity index is 485. The van der Waals surface area contributed by atoms with Crippen LogP contribution in [0, 0.1) is 0 Å². The van der Waals surface area contributed by atoms with Crippen LogP contribution in [0.1, 0.15) is 43.1 Å². The molecule has 20 heavy (non-hydrogen) atoms. The Balaban J connectivity index is 2.24. The molecular weight excluding hydrogens is 274 g/mol. The maximum absolute atomic E-state index is 11.4. The fraction of sp³-hybridized carbons (Fsp3) is 0.714. The van der Waals surface area contributed by atoms with Gasteiger partial charge in [-0.1, -0.05) is 39.0 Å². The minimum Gasteiger partial charge on any atom is -0.477 e. The molecule has 0 aromatic carbocycles. The maximum atomic E-state index is 11.4. The molecule has 0 spiro atoms. The fourth-order valence-corrected chi connectivity index (χ4v) is 3.52. The minimum absolute atomic E-state index is 0.242. The summed E-state index contributed by atoms with van der Waals surface area (Å²) in [5.41, 5.74) is 0.455. The van der Waals surface area contributed by atoms with Gasteiger partial charge in [0.25, 0.3) is 0 Å². The molecule has 0 aliphatic carbocycles. The molecule has 0 unspecified atom stereocenters. The molecule has 1 N–H and O–H groups in total. The molecule has 0 radical (unpaired) electrons. The number of hydrogen-bond donors (Lipinski definition) is 1. The quantitative estimate of drug-likeness (QED) is 0.927. The third-order valence-corrected chi connectivity index (χ3v) is 4.71. The van der Waals surface area contributed by atoms with E-state index in [9.17, 15) is 9.90 Å². The van der Waals surface area contributed by atoms with Crippen molar-refractivity contribution in [2.24, 2.45) is 0 Å². The van der Waals surface area contributed by atoms with Gasteiger partial charge < -0.3 is 14.9 Å². The van der Waals surface area contributed by atoms with Gasteiger partial charge in [-0.3, -0.25) is 0 Å². The van der Waals surface area contributed by atoms with E-state index in [1.807, 2.05) is 20.8 Å². The SMILES string of the molecule is CCN1CCN(c2nc(C(C)(C)C)c(C(=O)O)s2)CC1. The number of rotatable bonds is 3. The molecule has 6 heteroatoms. The zero-order chi connectivity index (χ0) is 14.9. The van der Waals surface area contributed by atoms with E-state index >= 15 is 0 Å². The van der Waals surface area contributed by atoms with Gasteiger partial charge in [-0.2, -0.15) is 0 Å². The number of aromatic carboxylic acids is 1. The number of anilines is 1. The molecule has 1 aromatic rings. The molecule has 1 aliphatic rings. The molecule has 1 saturated heterocycles. The van der Waals surface area contributed by atoms with Crippen molar-refractivity contribution < 1.29 is 9.90 Å². The van der Waals surface area contributed by atoms with E-state index in [2.05, 4.69) is 21.7 Å². The van der Waals surface area contributed by atoms with E-state index in [1.54, 1.807) is 0 Å². The maximum Gasteiger partial charge on any atom is 0.347 e. The van der Waals surface area contributed by atoms with Crippen LogP contribution in [-0.2, 0) is 5.41 Å². The van der Waals surface area contributed by atoms with Crippen LogP contribution in [0.15, 0.2) is 0 Å². The van der Waals surface area contributed by atoms with Crippen LogP contribution in [0.5, 0.6) is 0 Å². The summed E-state index contributed by atoms with van der Waals surface area (Å²) in [6.45, 7) is 13.1. The second kappa shape index (κ2) is 5.69. The first-order chi connectivity index (χ1) is 9.32. The molecule has 2 rings (SSSR count). The van der Waals surface area contributed by atoms with Gasteiger partial charge >= 0.3 is 5.97 Å². The van der Waals surface area contributed by atoms with E-state index in [4.69, 9.17) is 0 Å². The highest BCUT2D eigenvalue weighted by molar-refractivity contribution is 7.17. The molecule has 1 aliphatic heterocycles. The van der Waals surface area contributed by atoms with Gasteiger partial charge in [0.05, 0.1) is 5.69 Å². The summed E-state index contributed by atoms with van der Waals surface area (Å²) in [4.78, 5) is 21.0. The van der Waals surface area contributed by atoms with Gasteiger partial charge in [-0.05, 0) is 6.54 Å². The van der Waals surface area contributed by atoms with Crippen LogP contribution in [0.3, 0.4) is 0 Å². The average molecular weight is 297 g/mol. The van der Waals surface area contributed by atoms with Crippen LogP contribution >= 0.6 is 11.3 Å². The number of carboxylic acid groups (broad SMARTS) is 1. The normalized spacial score (nSPS) is 17.5. The Labute approximate surface area is 124 Å². The van der Waals surface area contributed by atoms with Crippen molar-refractivity contribution in [2.45, 2.75) is 33.1 Å². The van der Waals surface area contributed by atoms with Gasteiger partial charge in [0.15, 0.2) is 5.13 Å². The third kappa shape index (κ3) is 3.12. The van der Waals surface area contributed by atoms with Crippen molar-refractivity contribution in [3.05, 3.63) is 10.6 Å². The van der Waals surface area contributed by atoms with Crippen molar-refractivity contribution in [1.82, 2.24) is 9.88 Å². The Hall–Kier alpha value is -1.14. The van der Waals surface area contributed by atoms with Crippen molar-refractivity contribution in [3.63, 3.8) is 0 Å². The summed E-state index contributed by atoms with van der Waals surface area (Å²) in [6.07, 6.45) is 0. The van der Waals surface area contributed by atoms with Crippen LogP contribution in [0.4, 0.5) is 5.13 Å². The van der Waals surface area contributed by atoms with Gasteiger partial charge in [0.1, 0.15) is 4.88 Å². The monoisotopic (exact) mass is 297 g/mol. The predicted octanol–water partition coefficient (Wildman–Crippen LogP) is 2.28. The zero-order valence-electron chi connectivity index (χ0n) is 12.6. The summed E-state index contributed by atoms with van der Waals surface area (Å²) in [5, 5.41) is 10.2. The lowest BCUT2D eigenvalue weighted by Crippen LogP contribution is -2.46. The van der Waals surface area contributed by atoms with E-state index in [1.165, 1.54) is 11.3 Å². The average Bonchev–Trinajstić information content (AvgIpc) is 2.84. The zero-order valence-corrected chi connectivity index (χ0v) is 13.5. The number of thiazole rings is 1. The Morgan fingerprint density at radius 2 is 1.90 bits per heavy atom. The van der Waals surface area contributed by atoms with Crippen molar-refractivity contribution in [2.75, 3.05) is 37.6 Å². The van der Waals surface area contributed by atoms with E-state index in [0.29, 0.717) is 10.6 Å². The van der Waals surface area contributed by atoms with Crippen molar-refractivity contribution in [1.29, 1.82) is 0 Å². The van der Waals surface area contributed by atoms with Crippen LogP contribution < -0.4 is 4.90 Å². The lowest BCUT2D eigenvalue weighted by molar-refractivity contribution is 0.0699. The van der Waals surface area contributed by atoms with Crippen LogP contribution in [0.2, 0.25) is 0 Å². The molecule has 0 saturated carbocycles. The number of piperazine rings is 1. The van der Waals surface area contributed by atoms with Crippen LogP contribution in [-0.4, -0.2) is 53.7 Å². The lowest BCUT2D eigenvalue weighted by Gasteiger charge is -2.33. The highest BCUT2D eigenvalue weighted by atomic mass is 32.1. The second-order valence-corrected chi connectivity index (χ2v) is 7.13. The minimum atomic E-state index is -0.870. The standard InChI is InChI=1S/C14H23N3O2S/c1-5-16-6-8-17(9-7-16)13-15-11(14(2,3)4)10(20-13)12(18)19/h5-9H2,1-4H3,(H,18,19). The molecular formula is C14H23N3O2S. The largest absolute Gasteiger partial charge is 0.477 e. The molecule has 0 amide bonds. The second-order valence-electron chi connectivity index (χ2n) is 6.15. The summed E-state index contributed by atoms with van der Waals surface area (Å²) in [6, 6.07) is 0. The Morgan fingerprint density at radius 1 is 1.30 bits per heavy atom. The number of nitrogens with zero attached hydrogens (tertiary/aromatic N) is 3. The number of aromatic nitrogens is 1. The highest BCUT2D eigenvalue weighted by Gasteiger charge is 2.29. The van der Waals surface area contributed by atoms with E-state index in [0.717, 1.165) is 37.9 Å². The Kier molecular flexibility index (Phi) is 4.34. The van der Waals surface area contributed by atoms with Gasteiger partial charge in [-0.25, -0.2) is 9.78 Å². The molecule has 112 valence electrons. The van der Waals surface area contributed by atoms with E-state index in [-0.39, 0.29) is 5.41 Å². The third-order valence-electron chi connectivity index (χ3n) is 3.61. The number of carbonyl (C=O) groups is 1. The summed E-state index contributed by atoms with van der Waals surface area (Å²) in [7, 11) is 0. The van der Waals surface area contributed by atoms with Gasteiger partial charge in [0.2, 0.25) is 0 Å². The van der Waals surface area contributed by atoms with Gasteiger partial charge in [0, 0.05) is 31.6 Å². The van der Waals surface area contributed by atoms with Crippen molar-refractivity contribution in [3.8, 4) is 0 Å². The first-order valence-corrected chi connectivity index (χ1v) is 7.86. The molecule has 1 fully saturated rings. The molecule has 0 atom stereocenters. The molecule has 5 nitrogen and oxygen atoms in total. The number of carboxylic acids is 1. The molecule has 2 heterocycles. The summed E-state index contributed by atoms with van der Waals surface area (Å²) >= 11 is 1.31. The fourth-order valence-electron chi connectivity index (χ4n) is 2.35. The van der Waals surface area contributed by atoms with E-state index < -0.39 is 5.97 Å². The highest BCUT2D eigenvalue weighted by Crippen LogP contribution is 2.34. The first-order valence-electron chi connectivity index (χ1n) is 7.05. The number of likely N-dealkylation sites (N-methyl/N-ethyl adjacent to an activating group) is 1. The smallest absolute Gasteiger partial charge is 0.347 e. The van der Waals surface area contributed by atoms with Gasteiger partial charge in [-0.15, -0.1) is 0 Å². The summed E-state index contributed by atoms with van der Waals surface area (Å²) < 4.78 is 0. The topological polar surface area (TPSA) is 56.7 Å². The predicted molar refractivity (Wildman–Crippen MR) is 82.1 cm³/mol. The van der Waals surface area contributed by atoms with Crippen LogP contribution in [0.25, 0.3) is 0 Å². The molecule has 0 bridgehead atoms. The van der Waals surface area contributed by atoms with Crippen molar-refractivity contribution >= 4 is 22.4 Å². The lowest BCUT2D eigenvalue weighted by atomic mass is 9.91. The molecule has 1 aromatic heterocycles. The summed E-state index contributed by atoms with van der Waals surface area (Å²) in [5.74, 6) is -0.870. The number of hydrogen-bond acceptors (Lipinski definition) is 5. The Morgan fingerprint density at radius 3 is 2.30 bits per heavy atom. The first kappa shape index (κ1) is 15.3.